The summed E-state index contributed by atoms with van der Waals surface area (Å²) < 4.78 is 5.12. The molecule has 114 valence electrons. The second-order valence-corrected chi connectivity index (χ2v) is 5.42. The molecule has 1 fully saturated rings. The first-order valence-corrected chi connectivity index (χ1v) is 7.40. The molecule has 0 saturated carbocycles. The highest BCUT2D eigenvalue weighted by atomic mass is 16.3. The lowest BCUT2D eigenvalue weighted by molar-refractivity contribution is 0.0792. The third-order valence-corrected chi connectivity index (χ3v) is 3.89. The molecule has 2 aromatic rings. The molecule has 5 heteroatoms. The van der Waals surface area contributed by atoms with Gasteiger partial charge in [0.1, 0.15) is 5.76 Å². The zero-order valence-electron chi connectivity index (χ0n) is 12.5. The fourth-order valence-electron chi connectivity index (χ4n) is 2.62. The molecular formula is C17H18N2O3. The van der Waals surface area contributed by atoms with Crippen LogP contribution in [0.4, 0.5) is 5.69 Å². The zero-order chi connectivity index (χ0) is 15.5. The van der Waals surface area contributed by atoms with Gasteiger partial charge in [-0.15, -0.1) is 0 Å². The fourth-order valence-corrected chi connectivity index (χ4v) is 2.62. The van der Waals surface area contributed by atoms with E-state index in [0.29, 0.717) is 22.6 Å². The van der Waals surface area contributed by atoms with Gasteiger partial charge in [0, 0.05) is 24.3 Å². The minimum atomic E-state index is -0.218. The van der Waals surface area contributed by atoms with Crippen molar-refractivity contribution in [1.29, 1.82) is 0 Å². The van der Waals surface area contributed by atoms with E-state index < -0.39 is 0 Å². The fraction of sp³-hybridized carbons (Fsp3) is 0.294. The van der Waals surface area contributed by atoms with Gasteiger partial charge in [-0.2, -0.15) is 0 Å². The molecule has 1 aliphatic heterocycles. The second kappa shape index (κ2) is 6.05. The molecule has 1 N–H and O–H groups in total. The molecule has 0 aliphatic carbocycles. The summed E-state index contributed by atoms with van der Waals surface area (Å²) in [6.07, 6.45) is 3.63. The molecule has 1 aromatic heterocycles. The average Bonchev–Trinajstić information content (AvgIpc) is 3.18. The van der Waals surface area contributed by atoms with Crippen molar-refractivity contribution >= 4 is 17.5 Å². The third kappa shape index (κ3) is 2.88. The monoisotopic (exact) mass is 298 g/mol. The molecule has 1 aromatic carbocycles. The van der Waals surface area contributed by atoms with E-state index in [4.69, 9.17) is 4.42 Å². The van der Waals surface area contributed by atoms with Gasteiger partial charge in [0.15, 0.2) is 0 Å². The first-order valence-electron chi connectivity index (χ1n) is 7.40. The van der Waals surface area contributed by atoms with Gasteiger partial charge >= 0.3 is 0 Å². The van der Waals surface area contributed by atoms with Crippen molar-refractivity contribution < 1.29 is 14.0 Å². The molecule has 3 rings (SSSR count). The number of nitrogens with one attached hydrogen (secondary N) is 1. The average molecular weight is 298 g/mol. The Bertz CT molecular complexity index is 682. The Hall–Kier alpha value is -2.56. The highest BCUT2D eigenvalue weighted by molar-refractivity contribution is 6.05. The summed E-state index contributed by atoms with van der Waals surface area (Å²) in [5.41, 5.74) is 1.82. The topological polar surface area (TPSA) is 62.6 Å². The maximum atomic E-state index is 12.2. The van der Waals surface area contributed by atoms with Gasteiger partial charge in [-0.3, -0.25) is 9.59 Å². The summed E-state index contributed by atoms with van der Waals surface area (Å²) in [6, 6.07) is 8.63. The molecule has 1 saturated heterocycles. The van der Waals surface area contributed by atoms with Crippen molar-refractivity contribution in [2.24, 2.45) is 0 Å². The van der Waals surface area contributed by atoms with Crippen LogP contribution in [0.5, 0.6) is 0 Å². The van der Waals surface area contributed by atoms with E-state index in [2.05, 4.69) is 5.32 Å². The van der Waals surface area contributed by atoms with Gasteiger partial charge < -0.3 is 14.6 Å². The SMILES string of the molecule is Cc1occc1C(=O)Nc1ccc(C(=O)N2CCCC2)cc1. The minimum absolute atomic E-state index is 0.0565. The first-order chi connectivity index (χ1) is 10.6. The molecule has 0 spiro atoms. The van der Waals surface area contributed by atoms with E-state index in [1.165, 1.54) is 6.26 Å². The van der Waals surface area contributed by atoms with Crippen LogP contribution in [0.3, 0.4) is 0 Å². The summed E-state index contributed by atoms with van der Waals surface area (Å²) in [7, 11) is 0. The number of rotatable bonds is 3. The van der Waals surface area contributed by atoms with Crippen molar-refractivity contribution in [3.8, 4) is 0 Å². The highest BCUT2D eigenvalue weighted by Gasteiger charge is 2.19. The quantitative estimate of drug-likeness (QED) is 0.947. The molecule has 0 atom stereocenters. The number of benzene rings is 1. The van der Waals surface area contributed by atoms with Crippen LogP contribution >= 0.6 is 0 Å². The lowest BCUT2D eigenvalue weighted by atomic mass is 10.1. The van der Waals surface area contributed by atoms with E-state index >= 15 is 0 Å². The summed E-state index contributed by atoms with van der Waals surface area (Å²) in [4.78, 5) is 26.2. The van der Waals surface area contributed by atoms with Gasteiger partial charge in [0.2, 0.25) is 0 Å². The maximum Gasteiger partial charge on any atom is 0.259 e. The number of nitrogens with zero attached hydrogens (tertiary/aromatic N) is 1. The number of hydrogen-bond donors (Lipinski definition) is 1. The Kier molecular flexibility index (Phi) is 3.96. The van der Waals surface area contributed by atoms with Crippen molar-refractivity contribution in [3.05, 3.63) is 53.5 Å². The lowest BCUT2D eigenvalue weighted by Crippen LogP contribution is -2.27. The van der Waals surface area contributed by atoms with Gasteiger partial charge in [-0.05, 0) is 50.1 Å². The standard InChI is InChI=1S/C17H18N2O3/c1-12-15(8-11-22-12)16(20)18-14-6-4-13(5-7-14)17(21)19-9-2-3-10-19/h4-8,11H,2-3,9-10H2,1H3,(H,18,20). The smallest absolute Gasteiger partial charge is 0.259 e. The van der Waals surface area contributed by atoms with E-state index in [-0.39, 0.29) is 11.8 Å². The number of carbonyl (C=O) groups excluding carboxylic acids is 2. The molecule has 22 heavy (non-hydrogen) atoms. The van der Waals surface area contributed by atoms with Crippen molar-refractivity contribution in [3.63, 3.8) is 0 Å². The Morgan fingerprint density at radius 1 is 1.09 bits per heavy atom. The second-order valence-electron chi connectivity index (χ2n) is 5.42. The van der Waals surface area contributed by atoms with Crippen molar-refractivity contribution in [1.82, 2.24) is 4.90 Å². The Morgan fingerprint density at radius 3 is 2.36 bits per heavy atom. The molecule has 2 heterocycles. The number of amides is 2. The van der Waals surface area contributed by atoms with Crippen molar-refractivity contribution in [2.75, 3.05) is 18.4 Å². The van der Waals surface area contributed by atoms with Gasteiger partial charge in [-0.25, -0.2) is 0 Å². The van der Waals surface area contributed by atoms with Crippen LogP contribution in [0.25, 0.3) is 0 Å². The Morgan fingerprint density at radius 2 is 1.77 bits per heavy atom. The van der Waals surface area contributed by atoms with Crippen LogP contribution in [0.2, 0.25) is 0 Å². The van der Waals surface area contributed by atoms with Crippen molar-refractivity contribution in [2.45, 2.75) is 19.8 Å². The number of likely N-dealkylation sites (tertiary alicyclic amines) is 1. The maximum absolute atomic E-state index is 12.2. The largest absolute Gasteiger partial charge is 0.469 e. The predicted octanol–water partition coefficient (Wildman–Crippen LogP) is 3.08. The van der Waals surface area contributed by atoms with Gasteiger partial charge in [0.25, 0.3) is 11.8 Å². The number of aryl methyl sites for hydroxylation is 1. The number of carbonyl (C=O) groups is 2. The van der Waals surface area contributed by atoms with Crippen LogP contribution in [-0.2, 0) is 0 Å². The zero-order valence-corrected chi connectivity index (χ0v) is 12.5. The molecule has 5 nitrogen and oxygen atoms in total. The number of anilines is 1. The lowest BCUT2D eigenvalue weighted by Gasteiger charge is -2.15. The summed E-state index contributed by atoms with van der Waals surface area (Å²) >= 11 is 0. The predicted molar refractivity (Wildman–Crippen MR) is 83.0 cm³/mol. The van der Waals surface area contributed by atoms with Crippen LogP contribution in [-0.4, -0.2) is 29.8 Å². The minimum Gasteiger partial charge on any atom is -0.469 e. The highest BCUT2D eigenvalue weighted by Crippen LogP contribution is 2.17. The summed E-state index contributed by atoms with van der Waals surface area (Å²) in [6.45, 7) is 3.40. The van der Waals surface area contributed by atoms with E-state index in [1.807, 2.05) is 4.90 Å². The van der Waals surface area contributed by atoms with Crippen LogP contribution in [0.15, 0.2) is 41.0 Å². The molecular weight excluding hydrogens is 280 g/mol. The Labute approximate surface area is 128 Å². The van der Waals surface area contributed by atoms with Crippen LogP contribution < -0.4 is 5.32 Å². The summed E-state index contributed by atoms with van der Waals surface area (Å²) in [5, 5.41) is 2.80. The molecule has 1 aliphatic rings. The molecule has 0 unspecified atom stereocenters. The number of furan rings is 1. The summed E-state index contributed by atoms with van der Waals surface area (Å²) in [5.74, 6) is 0.421. The third-order valence-electron chi connectivity index (χ3n) is 3.89. The van der Waals surface area contributed by atoms with Crippen LogP contribution in [0.1, 0.15) is 39.3 Å². The molecule has 0 radical (unpaired) electrons. The van der Waals surface area contributed by atoms with Gasteiger partial charge in [0.05, 0.1) is 11.8 Å². The normalized spacial score (nSPS) is 14.1. The molecule has 2 amide bonds. The molecule has 0 bridgehead atoms. The number of hydrogen-bond acceptors (Lipinski definition) is 3. The van der Waals surface area contributed by atoms with E-state index in [0.717, 1.165) is 25.9 Å². The van der Waals surface area contributed by atoms with E-state index in [9.17, 15) is 9.59 Å². The first kappa shape index (κ1) is 14.4. The Balaban J connectivity index is 1.68. The van der Waals surface area contributed by atoms with E-state index in [1.54, 1.807) is 37.3 Å². The van der Waals surface area contributed by atoms with Gasteiger partial charge in [-0.1, -0.05) is 0 Å². The van der Waals surface area contributed by atoms with Crippen LogP contribution in [0, 0.1) is 6.92 Å².